The maximum absolute atomic E-state index is 12.5. The zero-order chi connectivity index (χ0) is 22.7. The number of rotatable bonds is 9. The van der Waals surface area contributed by atoms with Crippen LogP contribution in [0, 0.1) is 6.92 Å². The second-order valence-electron chi connectivity index (χ2n) is 8.61. The summed E-state index contributed by atoms with van der Waals surface area (Å²) in [5.74, 6) is -0.0103. The Morgan fingerprint density at radius 3 is 2.53 bits per heavy atom. The van der Waals surface area contributed by atoms with Crippen LogP contribution < -0.4 is 10.4 Å². The highest BCUT2D eigenvalue weighted by Gasteiger charge is 2.20. The van der Waals surface area contributed by atoms with Crippen molar-refractivity contribution in [1.29, 1.82) is 0 Å². The Balaban J connectivity index is 1.68. The van der Waals surface area contributed by atoms with Crippen molar-refractivity contribution in [2.45, 2.75) is 78.2 Å². The van der Waals surface area contributed by atoms with E-state index in [2.05, 4.69) is 13.0 Å². The van der Waals surface area contributed by atoms with Gasteiger partial charge in [-0.15, -0.1) is 0 Å². The molecule has 1 aliphatic carbocycles. The molecular weight excluding hydrogens is 408 g/mol. The van der Waals surface area contributed by atoms with E-state index in [-0.39, 0.29) is 18.0 Å². The molecule has 0 amide bonds. The van der Waals surface area contributed by atoms with Crippen molar-refractivity contribution in [3.05, 3.63) is 62.4 Å². The summed E-state index contributed by atoms with van der Waals surface area (Å²) in [6.07, 6.45) is 9.25. The lowest BCUT2D eigenvalue weighted by Gasteiger charge is -2.18. The third kappa shape index (κ3) is 4.59. The third-order valence-electron chi connectivity index (χ3n) is 6.32. The van der Waals surface area contributed by atoms with E-state index in [1.165, 1.54) is 18.9 Å². The van der Waals surface area contributed by atoms with Crippen LogP contribution in [-0.4, -0.2) is 11.1 Å². The van der Waals surface area contributed by atoms with Gasteiger partial charge in [0.2, 0.25) is 5.76 Å². The van der Waals surface area contributed by atoms with E-state index in [0.717, 1.165) is 67.0 Å². The fourth-order valence-corrected chi connectivity index (χ4v) is 4.51. The molecule has 0 radical (unpaired) electrons. The molecule has 0 atom stereocenters. The molecule has 2 aromatic heterocycles. The summed E-state index contributed by atoms with van der Waals surface area (Å²) in [6, 6.07) is 5.46. The number of carboxylic acid groups (broad SMARTS) is 1. The Morgan fingerprint density at radius 2 is 1.81 bits per heavy atom. The van der Waals surface area contributed by atoms with E-state index in [1.54, 1.807) is 6.92 Å². The van der Waals surface area contributed by atoms with Crippen molar-refractivity contribution >= 4 is 16.9 Å². The van der Waals surface area contributed by atoms with Crippen LogP contribution in [0.4, 0.5) is 0 Å². The normalized spacial score (nSPS) is 13.3. The van der Waals surface area contributed by atoms with Crippen molar-refractivity contribution in [1.82, 2.24) is 0 Å². The van der Waals surface area contributed by atoms with Gasteiger partial charge in [-0.05, 0) is 68.7 Å². The highest BCUT2D eigenvalue weighted by atomic mass is 16.5. The Labute approximate surface area is 187 Å². The zero-order valence-electron chi connectivity index (χ0n) is 18.8. The molecule has 2 heterocycles. The van der Waals surface area contributed by atoms with Crippen molar-refractivity contribution in [3.63, 3.8) is 0 Å². The van der Waals surface area contributed by atoms with Gasteiger partial charge >= 0.3 is 11.6 Å². The smallest absolute Gasteiger partial charge is 0.371 e. The largest absolute Gasteiger partial charge is 0.488 e. The topological polar surface area (TPSA) is 89.9 Å². The molecule has 0 saturated heterocycles. The molecule has 6 nitrogen and oxygen atoms in total. The first kappa shape index (κ1) is 22.2. The first-order valence-corrected chi connectivity index (χ1v) is 11.5. The lowest BCUT2D eigenvalue weighted by atomic mass is 9.89. The van der Waals surface area contributed by atoms with Crippen LogP contribution in [0.1, 0.15) is 84.0 Å². The predicted octanol–water partition coefficient (Wildman–Crippen LogP) is 5.97. The number of fused-ring (bicyclic) bond motifs is 3. The summed E-state index contributed by atoms with van der Waals surface area (Å²) >= 11 is 0. The minimum absolute atomic E-state index is 0.1000. The van der Waals surface area contributed by atoms with Crippen LogP contribution in [0.25, 0.3) is 11.0 Å². The number of aryl methyl sites for hydroxylation is 3. The minimum Gasteiger partial charge on any atom is -0.488 e. The quantitative estimate of drug-likeness (QED) is 0.327. The van der Waals surface area contributed by atoms with E-state index in [0.29, 0.717) is 22.7 Å². The van der Waals surface area contributed by atoms with Gasteiger partial charge in [-0.2, -0.15) is 0 Å². The highest BCUT2D eigenvalue weighted by Crippen LogP contribution is 2.33. The number of hydrogen-bond acceptors (Lipinski definition) is 5. The van der Waals surface area contributed by atoms with Gasteiger partial charge in [0.05, 0.1) is 0 Å². The number of carboxylic acids is 1. The van der Waals surface area contributed by atoms with Crippen molar-refractivity contribution < 1.29 is 23.5 Å². The molecule has 170 valence electrons. The molecular formula is C26H30O6. The monoisotopic (exact) mass is 438 g/mol. The van der Waals surface area contributed by atoms with Gasteiger partial charge in [-0.3, -0.25) is 0 Å². The summed E-state index contributed by atoms with van der Waals surface area (Å²) in [7, 11) is 0. The predicted molar refractivity (Wildman–Crippen MR) is 122 cm³/mol. The maximum atomic E-state index is 12.5. The van der Waals surface area contributed by atoms with Gasteiger partial charge in [0.25, 0.3) is 0 Å². The van der Waals surface area contributed by atoms with Crippen LogP contribution in [-0.2, 0) is 25.9 Å². The maximum Gasteiger partial charge on any atom is 0.371 e. The van der Waals surface area contributed by atoms with Crippen LogP contribution in [0.15, 0.2) is 31.8 Å². The fraction of sp³-hybridized carbons (Fsp3) is 0.462. The molecule has 1 aromatic carbocycles. The molecule has 32 heavy (non-hydrogen) atoms. The van der Waals surface area contributed by atoms with Crippen LogP contribution in [0.5, 0.6) is 5.75 Å². The Kier molecular flexibility index (Phi) is 6.68. The van der Waals surface area contributed by atoms with Gasteiger partial charge in [0.1, 0.15) is 23.7 Å². The first-order valence-electron chi connectivity index (χ1n) is 11.5. The molecule has 0 aliphatic heterocycles. The lowest BCUT2D eigenvalue weighted by molar-refractivity contribution is 0.0661. The van der Waals surface area contributed by atoms with Gasteiger partial charge in [-0.1, -0.05) is 26.2 Å². The summed E-state index contributed by atoms with van der Waals surface area (Å²) in [5.41, 5.74) is 4.04. The Hall–Kier alpha value is -3.02. The van der Waals surface area contributed by atoms with Crippen LogP contribution in [0.3, 0.4) is 0 Å². The standard InChI is InChI=1S/C26H30O6/c1-3-4-5-6-9-17-12-21-19-10-7-8-11-20(19)26(29)32-23(21)14-22(17)30-15-18-13-24(25(27)28)31-16(18)2/h12-14H,3-11,15H2,1-2H3,(H,27,28). The molecule has 1 N–H and O–H groups in total. The van der Waals surface area contributed by atoms with E-state index >= 15 is 0 Å². The zero-order valence-corrected chi connectivity index (χ0v) is 18.8. The van der Waals surface area contributed by atoms with Crippen LogP contribution in [0.2, 0.25) is 0 Å². The van der Waals surface area contributed by atoms with E-state index in [4.69, 9.17) is 18.7 Å². The fourth-order valence-electron chi connectivity index (χ4n) is 4.51. The van der Waals surface area contributed by atoms with E-state index < -0.39 is 5.97 Å². The van der Waals surface area contributed by atoms with Gasteiger partial charge in [0.15, 0.2) is 0 Å². The molecule has 6 heteroatoms. The Bertz CT molecular complexity index is 1180. The second-order valence-corrected chi connectivity index (χ2v) is 8.61. The molecule has 0 spiro atoms. The summed E-state index contributed by atoms with van der Waals surface area (Å²) in [6.45, 7) is 4.10. The molecule has 0 fully saturated rings. The third-order valence-corrected chi connectivity index (χ3v) is 6.32. The average Bonchev–Trinajstić information content (AvgIpc) is 3.16. The summed E-state index contributed by atoms with van der Waals surface area (Å²) in [5, 5.41) is 10.2. The number of benzene rings is 1. The summed E-state index contributed by atoms with van der Waals surface area (Å²) < 4.78 is 17.1. The van der Waals surface area contributed by atoms with Gasteiger partial charge in [-0.25, -0.2) is 9.59 Å². The van der Waals surface area contributed by atoms with E-state index in [1.807, 2.05) is 6.07 Å². The van der Waals surface area contributed by atoms with E-state index in [9.17, 15) is 9.59 Å². The number of ether oxygens (including phenoxy) is 1. The van der Waals surface area contributed by atoms with Crippen LogP contribution >= 0.6 is 0 Å². The van der Waals surface area contributed by atoms with Crippen molar-refractivity contribution in [2.75, 3.05) is 0 Å². The number of furan rings is 1. The van der Waals surface area contributed by atoms with Gasteiger partial charge < -0.3 is 18.7 Å². The van der Waals surface area contributed by atoms with Crippen molar-refractivity contribution in [2.24, 2.45) is 0 Å². The molecule has 1 aliphatic rings. The molecule has 0 bridgehead atoms. The SMILES string of the molecule is CCCCCCc1cc2c3c(c(=O)oc2cc1OCc1cc(C(=O)O)oc1C)CCCC3. The molecule has 3 aromatic rings. The lowest BCUT2D eigenvalue weighted by Crippen LogP contribution is -2.16. The average molecular weight is 439 g/mol. The number of carbonyl (C=O) groups is 1. The van der Waals surface area contributed by atoms with Crippen molar-refractivity contribution in [3.8, 4) is 5.75 Å². The highest BCUT2D eigenvalue weighted by molar-refractivity contribution is 5.85. The second kappa shape index (κ2) is 9.63. The number of hydrogen-bond donors (Lipinski definition) is 1. The first-order chi connectivity index (χ1) is 15.5. The Morgan fingerprint density at radius 1 is 1.03 bits per heavy atom. The molecule has 4 rings (SSSR count). The molecule has 0 unspecified atom stereocenters. The van der Waals surface area contributed by atoms with Gasteiger partial charge in [0, 0.05) is 22.6 Å². The minimum atomic E-state index is -1.10. The summed E-state index contributed by atoms with van der Waals surface area (Å²) in [4.78, 5) is 23.7. The number of aromatic carboxylic acids is 1. The number of unbranched alkanes of at least 4 members (excludes halogenated alkanes) is 3. The molecule has 0 saturated carbocycles.